The zero-order valence-corrected chi connectivity index (χ0v) is 12.7. The van der Waals surface area contributed by atoms with Gasteiger partial charge in [0.15, 0.2) is 5.13 Å². The van der Waals surface area contributed by atoms with Crippen molar-refractivity contribution in [3.63, 3.8) is 0 Å². The Labute approximate surface area is 122 Å². The summed E-state index contributed by atoms with van der Waals surface area (Å²) in [4.78, 5) is 16.8. The Bertz CT molecular complexity index is 609. The van der Waals surface area contributed by atoms with E-state index in [1.54, 1.807) is 6.20 Å². The Balaban J connectivity index is 1.91. The standard InChI is InChI=1S/C14H19N5S/c1-9-13(20-14(15)17-9)12-7-16-6-11(18-12)10-4-3-5-19(2)8-10/h6-7,10H,3-5,8H2,1-2H3,(H2,15,17)/t10-/m1/s1. The fourth-order valence-corrected chi connectivity index (χ4v) is 3.54. The van der Waals surface area contributed by atoms with Crippen LogP contribution in [0.2, 0.25) is 0 Å². The molecule has 1 aliphatic rings. The van der Waals surface area contributed by atoms with Crippen LogP contribution in [0, 0.1) is 6.92 Å². The molecule has 1 atom stereocenters. The number of thiazole rings is 1. The first kappa shape index (κ1) is 13.5. The van der Waals surface area contributed by atoms with Gasteiger partial charge in [0.05, 0.1) is 22.5 Å². The molecule has 2 N–H and O–H groups in total. The molecule has 0 spiro atoms. The monoisotopic (exact) mass is 289 g/mol. The highest BCUT2D eigenvalue weighted by atomic mass is 32.1. The van der Waals surface area contributed by atoms with E-state index < -0.39 is 0 Å². The van der Waals surface area contributed by atoms with Gasteiger partial charge in [-0.05, 0) is 33.4 Å². The Morgan fingerprint density at radius 3 is 2.90 bits per heavy atom. The van der Waals surface area contributed by atoms with Gasteiger partial charge in [-0.15, -0.1) is 0 Å². The van der Waals surface area contributed by atoms with Gasteiger partial charge in [-0.25, -0.2) is 9.97 Å². The minimum absolute atomic E-state index is 0.478. The highest BCUT2D eigenvalue weighted by Gasteiger charge is 2.21. The first-order valence-corrected chi connectivity index (χ1v) is 7.69. The van der Waals surface area contributed by atoms with Gasteiger partial charge >= 0.3 is 0 Å². The van der Waals surface area contributed by atoms with Crippen LogP contribution in [0.4, 0.5) is 5.13 Å². The van der Waals surface area contributed by atoms with Crippen molar-refractivity contribution in [1.29, 1.82) is 0 Å². The van der Waals surface area contributed by atoms with Crippen molar-refractivity contribution in [1.82, 2.24) is 19.9 Å². The van der Waals surface area contributed by atoms with Crippen molar-refractivity contribution < 1.29 is 0 Å². The molecule has 20 heavy (non-hydrogen) atoms. The first-order valence-electron chi connectivity index (χ1n) is 6.87. The van der Waals surface area contributed by atoms with Crippen molar-refractivity contribution >= 4 is 16.5 Å². The lowest BCUT2D eigenvalue weighted by Crippen LogP contribution is -2.31. The summed E-state index contributed by atoms with van der Waals surface area (Å²) in [6.07, 6.45) is 6.11. The molecule has 0 radical (unpaired) electrons. The van der Waals surface area contributed by atoms with Gasteiger partial charge in [-0.2, -0.15) is 0 Å². The normalized spacial score (nSPS) is 20.2. The summed E-state index contributed by atoms with van der Waals surface area (Å²) in [6.45, 7) is 4.20. The molecule has 0 bridgehead atoms. The molecule has 2 aromatic heterocycles. The molecule has 3 rings (SSSR count). The Morgan fingerprint density at radius 1 is 1.35 bits per heavy atom. The molecule has 3 heterocycles. The van der Waals surface area contributed by atoms with E-state index in [9.17, 15) is 0 Å². The number of aromatic nitrogens is 3. The van der Waals surface area contributed by atoms with Crippen molar-refractivity contribution in [2.24, 2.45) is 0 Å². The van der Waals surface area contributed by atoms with Crippen LogP contribution >= 0.6 is 11.3 Å². The van der Waals surface area contributed by atoms with Crippen LogP contribution < -0.4 is 5.73 Å². The highest BCUT2D eigenvalue weighted by molar-refractivity contribution is 7.18. The topological polar surface area (TPSA) is 67.9 Å². The van der Waals surface area contributed by atoms with Crippen LogP contribution in [-0.2, 0) is 0 Å². The molecule has 0 amide bonds. The number of nitrogens with two attached hydrogens (primary N) is 1. The van der Waals surface area contributed by atoms with Crippen LogP contribution in [-0.4, -0.2) is 40.0 Å². The number of piperidine rings is 1. The lowest BCUT2D eigenvalue weighted by Gasteiger charge is -2.29. The maximum Gasteiger partial charge on any atom is 0.180 e. The van der Waals surface area contributed by atoms with E-state index in [-0.39, 0.29) is 0 Å². The van der Waals surface area contributed by atoms with Crippen LogP contribution in [0.1, 0.15) is 30.1 Å². The van der Waals surface area contributed by atoms with Gasteiger partial charge in [0.2, 0.25) is 0 Å². The number of likely N-dealkylation sites (tertiary alicyclic amines) is 1. The summed E-state index contributed by atoms with van der Waals surface area (Å²) in [5.74, 6) is 0.478. The predicted octanol–water partition coefficient (Wildman–Crippen LogP) is 2.30. The molecule has 0 saturated carbocycles. The quantitative estimate of drug-likeness (QED) is 0.918. The Kier molecular flexibility index (Phi) is 3.67. The molecule has 0 aliphatic carbocycles. The van der Waals surface area contributed by atoms with E-state index in [2.05, 4.69) is 21.9 Å². The summed E-state index contributed by atoms with van der Waals surface area (Å²) in [6, 6.07) is 0. The average Bonchev–Trinajstić information content (AvgIpc) is 2.78. The van der Waals surface area contributed by atoms with E-state index in [1.165, 1.54) is 30.7 Å². The van der Waals surface area contributed by atoms with Crippen LogP contribution in [0.25, 0.3) is 10.6 Å². The third kappa shape index (κ3) is 2.66. The number of nitrogens with zero attached hydrogens (tertiary/aromatic N) is 4. The van der Waals surface area contributed by atoms with Gasteiger partial charge in [0.1, 0.15) is 5.69 Å². The average molecular weight is 289 g/mol. The zero-order valence-electron chi connectivity index (χ0n) is 11.8. The van der Waals surface area contributed by atoms with E-state index in [0.717, 1.165) is 28.5 Å². The second-order valence-corrected chi connectivity index (χ2v) is 6.43. The second kappa shape index (κ2) is 5.46. The number of hydrogen-bond acceptors (Lipinski definition) is 6. The van der Waals surface area contributed by atoms with E-state index in [1.807, 2.05) is 13.1 Å². The second-order valence-electron chi connectivity index (χ2n) is 5.40. The fraction of sp³-hybridized carbons (Fsp3) is 0.500. The van der Waals surface area contributed by atoms with Gasteiger partial charge in [0.25, 0.3) is 0 Å². The lowest BCUT2D eigenvalue weighted by molar-refractivity contribution is 0.248. The summed E-state index contributed by atoms with van der Waals surface area (Å²) in [5.41, 5.74) is 8.67. The molecule has 1 fully saturated rings. The molecule has 2 aromatic rings. The minimum Gasteiger partial charge on any atom is -0.375 e. The van der Waals surface area contributed by atoms with E-state index >= 15 is 0 Å². The zero-order chi connectivity index (χ0) is 14.1. The summed E-state index contributed by atoms with van der Waals surface area (Å²) >= 11 is 1.48. The van der Waals surface area contributed by atoms with Crippen LogP contribution in [0.15, 0.2) is 12.4 Å². The van der Waals surface area contributed by atoms with Gasteiger partial charge in [0, 0.05) is 18.7 Å². The number of rotatable bonds is 2. The minimum atomic E-state index is 0.478. The Hall–Kier alpha value is -1.53. The van der Waals surface area contributed by atoms with Gasteiger partial charge in [-0.1, -0.05) is 11.3 Å². The molecule has 1 saturated heterocycles. The lowest BCUT2D eigenvalue weighted by atomic mass is 9.95. The smallest absolute Gasteiger partial charge is 0.180 e. The van der Waals surface area contributed by atoms with Crippen molar-refractivity contribution in [2.75, 3.05) is 25.9 Å². The maximum atomic E-state index is 5.77. The fourth-order valence-electron chi connectivity index (χ4n) is 2.75. The molecular weight excluding hydrogens is 270 g/mol. The Morgan fingerprint density at radius 2 is 2.20 bits per heavy atom. The third-order valence-corrected chi connectivity index (χ3v) is 4.75. The SMILES string of the molecule is Cc1nc(N)sc1-c1cncc([C@@H]2CCCN(C)C2)n1. The van der Waals surface area contributed by atoms with E-state index in [0.29, 0.717) is 11.0 Å². The summed E-state index contributed by atoms with van der Waals surface area (Å²) in [5, 5.41) is 0.585. The molecule has 0 unspecified atom stereocenters. The molecule has 0 aromatic carbocycles. The molecule has 5 nitrogen and oxygen atoms in total. The van der Waals surface area contributed by atoms with Crippen LogP contribution in [0.3, 0.4) is 0 Å². The number of likely N-dealkylation sites (N-methyl/N-ethyl adjacent to an activating group) is 1. The van der Waals surface area contributed by atoms with Gasteiger partial charge < -0.3 is 10.6 Å². The summed E-state index contributed by atoms with van der Waals surface area (Å²) < 4.78 is 0. The van der Waals surface area contributed by atoms with Crippen LogP contribution in [0.5, 0.6) is 0 Å². The number of hydrogen-bond donors (Lipinski definition) is 1. The molecule has 6 heteroatoms. The first-order chi connectivity index (χ1) is 9.63. The highest BCUT2D eigenvalue weighted by Crippen LogP contribution is 2.31. The summed E-state index contributed by atoms with van der Waals surface area (Å²) in [7, 11) is 2.16. The van der Waals surface area contributed by atoms with Crippen molar-refractivity contribution in [3.05, 3.63) is 23.8 Å². The molecule has 106 valence electrons. The maximum absolute atomic E-state index is 5.77. The number of aryl methyl sites for hydroxylation is 1. The third-order valence-electron chi connectivity index (χ3n) is 3.74. The predicted molar refractivity (Wildman–Crippen MR) is 81.8 cm³/mol. The largest absolute Gasteiger partial charge is 0.375 e. The van der Waals surface area contributed by atoms with Gasteiger partial charge in [-0.3, -0.25) is 4.98 Å². The molecule has 1 aliphatic heterocycles. The van der Waals surface area contributed by atoms with Crippen molar-refractivity contribution in [3.8, 4) is 10.6 Å². The molecular formula is C14H19N5S. The van der Waals surface area contributed by atoms with E-state index in [4.69, 9.17) is 10.7 Å². The number of nitrogen functional groups attached to an aromatic ring is 1. The van der Waals surface area contributed by atoms with Crippen molar-refractivity contribution in [2.45, 2.75) is 25.7 Å². The number of anilines is 1.